The maximum absolute atomic E-state index is 14.5. The van der Waals surface area contributed by atoms with Crippen molar-refractivity contribution in [2.75, 3.05) is 37.1 Å². The van der Waals surface area contributed by atoms with Gasteiger partial charge in [0.05, 0.1) is 17.3 Å². The summed E-state index contributed by atoms with van der Waals surface area (Å²) >= 11 is 7.45. The van der Waals surface area contributed by atoms with Crippen LogP contribution in [0.25, 0.3) is 0 Å². The Kier molecular flexibility index (Phi) is 12.2. The molecule has 240 valence electrons. The molecule has 1 aromatic carbocycles. The van der Waals surface area contributed by atoms with E-state index in [2.05, 4.69) is 36.3 Å². The first-order valence-electron chi connectivity index (χ1n) is 14.5. The Bertz CT molecular complexity index is 1400. The van der Waals surface area contributed by atoms with Gasteiger partial charge in [-0.3, -0.25) is 14.5 Å². The topological polar surface area (TPSA) is 131 Å². The molecule has 0 saturated carbocycles. The smallest absolute Gasteiger partial charge is 0.344 e. The molecule has 4 amide bonds. The van der Waals surface area contributed by atoms with Gasteiger partial charge >= 0.3 is 12.0 Å². The zero-order valence-electron chi connectivity index (χ0n) is 25.9. The van der Waals surface area contributed by atoms with Crippen LogP contribution in [0.1, 0.15) is 77.6 Å². The minimum absolute atomic E-state index is 0.000883. The fourth-order valence-corrected chi connectivity index (χ4v) is 5.45. The number of urea groups is 1. The number of nitrogens with one attached hydrogen (secondary N) is 1. The molecule has 2 aromatic rings. The van der Waals surface area contributed by atoms with E-state index in [0.29, 0.717) is 35.7 Å². The van der Waals surface area contributed by atoms with Crippen LogP contribution in [0, 0.1) is 5.82 Å². The number of esters is 1. The maximum Gasteiger partial charge on any atom is 0.344 e. The molecule has 4 rings (SSSR count). The summed E-state index contributed by atoms with van der Waals surface area (Å²) in [5.74, 6) is -2.40. The summed E-state index contributed by atoms with van der Waals surface area (Å²) in [4.78, 5) is 50.7. The van der Waals surface area contributed by atoms with Crippen molar-refractivity contribution in [2.45, 2.75) is 78.1 Å². The standard InChI is InChI=1S/C21H23ClFNO5.C9H16N4OS/c1-2-3-6-9-28-19(25)12-29-18-11-17(16(23)10-15(18)22)24-20(26)13-7-4-5-8-14(13)21(24)27;1-9(2,3)6-11-12-8(15-6)13(5)7(14)10-4/h10-11H,2-9,12H2,1H3;1-5H3,(H,10,14). The molecule has 0 spiro atoms. The number of nitrogens with zero attached hydrogens (tertiary/aromatic N) is 4. The van der Waals surface area contributed by atoms with Gasteiger partial charge in [0.2, 0.25) is 5.13 Å². The molecule has 11 nitrogen and oxygen atoms in total. The van der Waals surface area contributed by atoms with Crippen molar-refractivity contribution in [1.29, 1.82) is 0 Å². The van der Waals surface area contributed by atoms with Crippen molar-refractivity contribution in [3.63, 3.8) is 0 Å². The number of amides is 4. The highest BCUT2D eigenvalue weighted by Gasteiger charge is 2.41. The van der Waals surface area contributed by atoms with E-state index in [1.165, 1.54) is 22.3 Å². The molecular formula is C30H39ClFN5O6S. The second kappa shape index (κ2) is 15.4. The van der Waals surface area contributed by atoms with Crippen LogP contribution in [0.3, 0.4) is 0 Å². The van der Waals surface area contributed by atoms with Crippen LogP contribution in [0.2, 0.25) is 5.02 Å². The third-order valence-corrected chi connectivity index (χ3v) is 8.57. The number of carbonyl (C=O) groups excluding carboxylic acids is 4. The lowest BCUT2D eigenvalue weighted by atomic mass is 9.93. The molecule has 0 unspecified atom stereocenters. The second-order valence-electron chi connectivity index (χ2n) is 11.3. The Morgan fingerprint density at radius 3 is 2.30 bits per heavy atom. The van der Waals surface area contributed by atoms with Gasteiger partial charge in [0.25, 0.3) is 11.8 Å². The largest absolute Gasteiger partial charge is 0.480 e. The van der Waals surface area contributed by atoms with Gasteiger partial charge in [-0.1, -0.05) is 63.5 Å². The molecule has 1 aliphatic carbocycles. The van der Waals surface area contributed by atoms with Crippen LogP contribution in [0.4, 0.5) is 20.0 Å². The van der Waals surface area contributed by atoms with Gasteiger partial charge in [0.15, 0.2) is 6.61 Å². The molecule has 0 saturated heterocycles. The number of halogens is 2. The predicted molar refractivity (Wildman–Crippen MR) is 167 cm³/mol. The van der Waals surface area contributed by atoms with Gasteiger partial charge in [-0.15, -0.1) is 10.2 Å². The SMILES string of the molecule is CCCCCOC(=O)COc1cc(N2C(=O)C3=C(CCCC3)C2=O)c(F)cc1Cl.CNC(=O)N(C)c1nnc(C(C)(C)C)s1. The van der Waals surface area contributed by atoms with E-state index in [-0.39, 0.29) is 27.9 Å². The van der Waals surface area contributed by atoms with Crippen molar-refractivity contribution >= 4 is 57.6 Å². The number of hydrogen-bond acceptors (Lipinski definition) is 9. The third kappa shape index (κ3) is 8.53. The summed E-state index contributed by atoms with van der Waals surface area (Å²) in [6.45, 7) is 8.13. The zero-order valence-corrected chi connectivity index (χ0v) is 27.5. The van der Waals surface area contributed by atoms with Gasteiger partial charge in [-0.2, -0.15) is 0 Å². The average Bonchev–Trinajstić information content (AvgIpc) is 3.59. The lowest BCUT2D eigenvalue weighted by Gasteiger charge is -2.18. The molecule has 0 fully saturated rings. The first-order valence-corrected chi connectivity index (χ1v) is 15.7. The second-order valence-corrected chi connectivity index (χ2v) is 12.7. The first-order chi connectivity index (χ1) is 20.8. The molecule has 0 atom stereocenters. The van der Waals surface area contributed by atoms with E-state index in [1.54, 1.807) is 14.1 Å². The van der Waals surface area contributed by atoms with Crippen LogP contribution < -0.4 is 19.9 Å². The van der Waals surface area contributed by atoms with Gasteiger partial charge in [0.1, 0.15) is 16.6 Å². The van der Waals surface area contributed by atoms with Crippen LogP contribution in [-0.2, 0) is 24.5 Å². The number of benzene rings is 1. The third-order valence-electron chi connectivity index (χ3n) is 6.85. The summed E-state index contributed by atoms with van der Waals surface area (Å²) < 4.78 is 25.0. The molecule has 1 aliphatic heterocycles. The Labute approximate surface area is 265 Å². The van der Waals surface area contributed by atoms with E-state index in [4.69, 9.17) is 21.1 Å². The summed E-state index contributed by atoms with van der Waals surface area (Å²) in [5, 5.41) is 12.1. The summed E-state index contributed by atoms with van der Waals surface area (Å²) in [6, 6.07) is 1.96. The molecule has 1 N–H and O–H groups in total. The number of anilines is 2. The highest BCUT2D eigenvalue weighted by atomic mass is 35.5. The van der Waals surface area contributed by atoms with Crippen LogP contribution in [0.15, 0.2) is 23.3 Å². The molecular weight excluding hydrogens is 613 g/mol. The molecule has 0 bridgehead atoms. The van der Waals surface area contributed by atoms with Gasteiger partial charge in [0, 0.05) is 36.7 Å². The van der Waals surface area contributed by atoms with E-state index in [9.17, 15) is 23.6 Å². The lowest BCUT2D eigenvalue weighted by Crippen LogP contribution is -2.34. The molecule has 14 heteroatoms. The fourth-order valence-electron chi connectivity index (χ4n) is 4.38. The van der Waals surface area contributed by atoms with Gasteiger partial charge in [-0.25, -0.2) is 18.9 Å². The number of hydrogen-bond donors (Lipinski definition) is 1. The van der Waals surface area contributed by atoms with Crippen LogP contribution in [-0.4, -0.2) is 61.3 Å². The molecule has 44 heavy (non-hydrogen) atoms. The van der Waals surface area contributed by atoms with Crippen LogP contribution >= 0.6 is 22.9 Å². The summed E-state index contributed by atoms with van der Waals surface area (Å²) in [6.07, 6.45) is 5.40. The van der Waals surface area contributed by atoms with Gasteiger partial charge in [-0.05, 0) is 38.2 Å². The van der Waals surface area contributed by atoms with E-state index < -0.39 is 30.2 Å². The van der Waals surface area contributed by atoms with Crippen molar-refractivity contribution < 1.29 is 33.0 Å². The van der Waals surface area contributed by atoms with E-state index >= 15 is 0 Å². The van der Waals surface area contributed by atoms with Crippen molar-refractivity contribution in [3.05, 3.63) is 39.1 Å². The van der Waals surface area contributed by atoms with E-state index in [1.807, 2.05) is 6.92 Å². The highest BCUT2D eigenvalue weighted by molar-refractivity contribution is 7.15. The van der Waals surface area contributed by atoms with Crippen molar-refractivity contribution in [2.24, 2.45) is 0 Å². The number of carbonyl (C=O) groups is 4. The monoisotopic (exact) mass is 651 g/mol. The fraction of sp³-hybridized carbons (Fsp3) is 0.533. The zero-order chi connectivity index (χ0) is 32.6. The Hall–Kier alpha value is -3.58. The predicted octanol–water partition coefficient (Wildman–Crippen LogP) is 5.95. The minimum Gasteiger partial charge on any atom is -0.480 e. The quantitative estimate of drug-likeness (QED) is 0.200. The highest BCUT2D eigenvalue weighted by Crippen LogP contribution is 2.39. The van der Waals surface area contributed by atoms with Crippen LogP contribution in [0.5, 0.6) is 5.75 Å². The maximum atomic E-state index is 14.5. The first kappa shape index (κ1) is 34.9. The average molecular weight is 652 g/mol. The molecule has 2 heterocycles. The Morgan fingerprint density at radius 2 is 1.75 bits per heavy atom. The number of rotatable bonds is 9. The molecule has 2 aliphatic rings. The summed E-state index contributed by atoms with van der Waals surface area (Å²) in [7, 11) is 3.26. The van der Waals surface area contributed by atoms with Gasteiger partial charge < -0.3 is 14.8 Å². The number of ether oxygens (including phenoxy) is 2. The number of aromatic nitrogens is 2. The van der Waals surface area contributed by atoms with Crippen molar-refractivity contribution in [3.8, 4) is 5.75 Å². The lowest BCUT2D eigenvalue weighted by molar-refractivity contribution is -0.146. The normalized spacial score (nSPS) is 14.6. The van der Waals surface area contributed by atoms with Crippen molar-refractivity contribution in [1.82, 2.24) is 15.5 Å². The minimum atomic E-state index is -0.814. The molecule has 1 aromatic heterocycles. The van der Waals surface area contributed by atoms with E-state index in [0.717, 1.165) is 48.1 Å². The summed E-state index contributed by atoms with van der Waals surface area (Å²) in [5.41, 5.74) is 0.645. The number of imide groups is 1. The Balaban J connectivity index is 0.000000297. The number of unbranched alkanes of at least 4 members (excludes halogenated alkanes) is 2. The Morgan fingerprint density at radius 1 is 1.11 bits per heavy atom. The molecule has 0 radical (unpaired) electrons.